The van der Waals surface area contributed by atoms with Crippen LogP contribution in [0.5, 0.6) is 5.75 Å². The van der Waals surface area contributed by atoms with Crippen LogP contribution in [0.4, 0.5) is 0 Å². The zero-order valence-corrected chi connectivity index (χ0v) is 11.1. The highest BCUT2D eigenvalue weighted by atomic mass is 16.5. The lowest BCUT2D eigenvalue weighted by Crippen LogP contribution is -2.35. The molecule has 0 atom stereocenters. The minimum atomic E-state index is 0.0939. The fourth-order valence-electron chi connectivity index (χ4n) is 2.33. The second kappa shape index (κ2) is 5.61. The first-order valence-electron chi connectivity index (χ1n) is 7.06. The molecule has 1 aliphatic carbocycles. The molecule has 1 aromatic rings. The van der Waals surface area contributed by atoms with Crippen LogP contribution in [-0.4, -0.2) is 31.6 Å². The highest BCUT2D eigenvalue weighted by molar-refractivity contribution is 5.78. The summed E-state index contributed by atoms with van der Waals surface area (Å²) in [5, 5.41) is 6.16. The van der Waals surface area contributed by atoms with Crippen LogP contribution in [0.1, 0.15) is 24.0 Å². The minimum absolute atomic E-state index is 0.0939. The van der Waals surface area contributed by atoms with Crippen LogP contribution in [0.2, 0.25) is 0 Å². The Balaban J connectivity index is 1.40. The number of carbonyl (C=O) groups excluding carboxylic acids is 1. The number of nitrogens with one attached hydrogen (secondary N) is 2. The first-order chi connectivity index (χ1) is 9.31. The van der Waals surface area contributed by atoms with E-state index >= 15 is 0 Å². The van der Waals surface area contributed by atoms with E-state index in [9.17, 15) is 4.79 Å². The van der Waals surface area contributed by atoms with Crippen molar-refractivity contribution in [2.45, 2.75) is 31.7 Å². The molecule has 0 unspecified atom stereocenters. The smallest absolute Gasteiger partial charge is 0.233 e. The molecule has 1 aliphatic heterocycles. The summed E-state index contributed by atoms with van der Waals surface area (Å²) >= 11 is 0. The number of carbonyl (C=O) groups is 1. The maximum Gasteiger partial charge on any atom is 0.233 e. The van der Waals surface area contributed by atoms with E-state index < -0.39 is 0 Å². The van der Waals surface area contributed by atoms with Crippen molar-refractivity contribution < 1.29 is 9.53 Å². The van der Waals surface area contributed by atoms with Crippen LogP contribution >= 0.6 is 0 Å². The molecule has 3 rings (SSSR count). The van der Waals surface area contributed by atoms with Crippen molar-refractivity contribution in [2.24, 2.45) is 0 Å². The molecule has 0 bridgehead atoms. The maximum absolute atomic E-state index is 11.6. The molecule has 4 heteroatoms. The number of hydrogen-bond acceptors (Lipinski definition) is 3. The second-order valence-corrected chi connectivity index (χ2v) is 5.30. The molecule has 0 aromatic heterocycles. The van der Waals surface area contributed by atoms with Gasteiger partial charge in [-0.25, -0.2) is 0 Å². The van der Waals surface area contributed by atoms with Gasteiger partial charge in [-0.2, -0.15) is 0 Å². The maximum atomic E-state index is 11.6. The molecule has 1 fully saturated rings. The molecular formula is C15H20N2O2. The molecule has 0 spiro atoms. The van der Waals surface area contributed by atoms with Gasteiger partial charge in [0.1, 0.15) is 5.75 Å². The standard InChI is InChI=1S/C15H20N2O2/c18-15(10-17-13-2-3-13)16-7-5-11-1-4-14-12(9-11)6-8-19-14/h1,4,9,13,17H,2-3,5-8,10H2,(H,16,18). The molecule has 1 heterocycles. The number of amides is 1. The Kier molecular flexibility index (Phi) is 3.69. The van der Waals surface area contributed by atoms with Crippen LogP contribution in [0.25, 0.3) is 0 Å². The molecule has 4 nitrogen and oxygen atoms in total. The summed E-state index contributed by atoms with van der Waals surface area (Å²) in [5.41, 5.74) is 2.55. The Labute approximate surface area is 113 Å². The van der Waals surface area contributed by atoms with Gasteiger partial charge in [-0.05, 0) is 36.5 Å². The third kappa shape index (κ3) is 3.47. The molecular weight excluding hydrogens is 240 g/mol. The van der Waals surface area contributed by atoms with E-state index in [1.165, 1.54) is 24.0 Å². The van der Waals surface area contributed by atoms with E-state index in [0.29, 0.717) is 19.1 Å². The first-order valence-corrected chi connectivity index (χ1v) is 7.06. The topological polar surface area (TPSA) is 50.4 Å². The Bertz CT molecular complexity index is 469. The summed E-state index contributed by atoms with van der Waals surface area (Å²) in [6.45, 7) is 1.94. The molecule has 1 amide bonds. The number of hydrogen-bond donors (Lipinski definition) is 2. The lowest BCUT2D eigenvalue weighted by molar-refractivity contribution is -0.120. The molecule has 0 saturated heterocycles. The van der Waals surface area contributed by atoms with E-state index in [0.717, 1.165) is 25.2 Å². The fourth-order valence-corrected chi connectivity index (χ4v) is 2.33. The first kappa shape index (κ1) is 12.5. The van der Waals surface area contributed by atoms with Gasteiger partial charge in [0, 0.05) is 19.0 Å². The van der Waals surface area contributed by atoms with Gasteiger partial charge in [0.2, 0.25) is 5.91 Å². The van der Waals surface area contributed by atoms with Crippen LogP contribution in [-0.2, 0) is 17.6 Å². The van der Waals surface area contributed by atoms with E-state index in [1.807, 2.05) is 6.07 Å². The van der Waals surface area contributed by atoms with Crippen molar-refractivity contribution in [3.05, 3.63) is 29.3 Å². The van der Waals surface area contributed by atoms with Crippen molar-refractivity contribution in [2.75, 3.05) is 19.7 Å². The summed E-state index contributed by atoms with van der Waals surface area (Å²) in [5.74, 6) is 1.11. The monoisotopic (exact) mass is 260 g/mol. The van der Waals surface area contributed by atoms with Gasteiger partial charge in [0.25, 0.3) is 0 Å². The third-order valence-corrected chi connectivity index (χ3v) is 3.62. The SMILES string of the molecule is O=C(CNC1CC1)NCCc1ccc2c(c1)CCO2. The van der Waals surface area contributed by atoms with Gasteiger partial charge in [-0.3, -0.25) is 4.79 Å². The van der Waals surface area contributed by atoms with Crippen molar-refractivity contribution in [1.29, 1.82) is 0 Å². The highest BCUT2D eigenvalue weighted by Gasteiger charge is 2.20. The molecule has 0 radical (unpaired) electrons. The Morgan fingerprint density at radius 2 is 2.26 bits per heavy atom. The summed E-state index contributed by atoms with van der Waals surface area (Å²) in [6, 6.07) is 6.89. The van der Waals surface area contributed by atoms with Crippen LogP contribution in [0, 0.1) is 0 Å². The molecule has 102 valence electrons. The normalized spacial score (nSPS) is 16.8. The van der Waals surface area contributed by atoms with Gasteiger partial charge in [-0.15, -0.1) is 0 Å². The lowest BCUT2D eigenvalue weighted by atomic mass is 10.1. The van der Waals surface area contributed by atoms with Gasteiger partial charge < -0.3 is 15.4 Å². The molecule has 2 N–H and O–H groups in total. The van der Waals surface area contributed by atoms with Gasteiger partial charge in [0.05, 0.1) is 13.2 Å². The van der Waals surface area contributed by atoms with E-state index in [-0.39, 0.29) is 5.91 Å². The van der Waals surface area contributed by atoms with Gasteiger partial charge in [0.15, 0.2) is 0 Å². The Morgan fingerprint density at radius 1 is 1.37 bits per heavy atom. The number of ether oxygens (including phenoxy) is 1. The van der Waals surface area contributed by atoms with Crippen molar-refractivity contribution in [3.8, 4) is 5.75 Å². The molecule has 1 saturated carbocycles. The average Bonchev–Trinajstić information content (AvgIpc) is 3.13. The van der Waals surface area contributed by atoms with Crippen LogP contribution in [0.3, 0.4) is 0 Å². The van der Waals surface area contributed by atoms with Crippen molar-refractivity contribution >= 4 is 5.91 Å². The van der Waals surface area contributed by atoms with Gasteiger partial charge >= 0.3 is 0 Å². The Hall–Kier alpha value is -1.55. The molecule has 2 aliphatic rings. The zero-order chi connectivity index (χ0) is 13.1. The minimum Gasteiger partial charge on any atom is -0.493 e. The summed E-state index contributed by atoms with van der Waals surface area (Å²) < 4.78 is 5.48. The van der Waals surface area contributed by atoms with Crippen LogP contribution in [0.15, 0.2) is 18.2 Å². The zero-order valence-electron chi connectivity index (χ0n) is 11.1. The lowest BCUT2D eigenvalue weighted by Gasteiger charge is -2.07. The van der Waals surface area contributed by atoms with Gasteiger partial charge in [-0.1, -0.05) is 12.1 Å². The largest absolute Gasteiger partial charge is 0.493 e. The third-order valence-electron chi connectivity index (χ3n) is 3.62. The number of fused-ring (bicyclic) bond motifs is 1. The number of rotatable bonds is 6. The average molecular weight is 260 g/mol. The Morgan fingerprint density at radius 3 is 3.11 bits per heavy atom. The molecule has 1 aromatic carbocycles. The van der Waals surface area contributed by atoms with Crippen LogP contribution < -0.4 is 15.4 Å². The molecule has 19 heavy (non-hydrogen) atoms. The van der Waals surface area contributed by atoms with Crippen molar-refractivity contribution in [1.82, 2.24) is 10.6 Å². The second-order valence-electron chi connectivity index (χ2n) is 5.30. The number of benzene rings is 1. The van der Waals surface area contributed by atoms with E-state index in [4.69, 9.17) is 4.74 Å². The quantitative estimate of drug-likeness (QED) is 0.803. The summed E-state index contributed by atoms with van der Waals surface area (Å²) in [7, 11) is 0. The predicted octanol–water partition coefficient (Wildman–Crippen LogP) is 1.03. The van der Waals surface area contributed by atoms with Crippen molar-refractivity contribution in [3.63, 3.8) is 0 Å². The predicted molar refractivity (Wildman–Crippen MR) is 73.4 cm³/mol. The van der Waals surface area contributed by atoms with E-state index in [2.05, 4.69) is 22.8 Å². The highest BCUT2D eigenvalue weighted by Crippen LogP contribution is 2.25. The van der Waals surface area contributed by atoms with E-state index in [1.54, 1.807) is 0 Å². The summed E-state index contributed by atoms with van der Waals surface area (Å²) in [4.78, 5) is 11.6. The summed E-state index contributed by atoms with van der Waals surface area (Å²) in [6.07, 6.45) is 4.30. The fraction of sp³-hybridized carbons (Fsp3) is 0.533.